The molecule has 1 atom stereocenters. The number of hydrogen-bond acceptors (Lipinski definition) is 4. The number of ether oxygens (including phenoxy) is 3. The van der Waals surface area contributed by atoms with Crippen LogP contribution < -0.4 is 25.4 Å². The first-order valence-electron chi connectivity index (χ1n) is 7.50. The molecular formula is C18H24NO3P. The van der Waals surface area contributed by atoms with Crippen molar-refractivity contribution in [3.63, 3.8) is 0 Å². The van der Waals surface area contributed by atoms with Gasteiger partial charge in [0, 0.05) is 19.0 Å². The second-order valence-electron chi connectivity index (χ2n) is 5.15. The summed E-state index contributed by atoms with van der Waals surface area (Å²) in [5, 5.41) is 5.70. The predicted octanol–water partition coefficient (Wildman–Crippen LogP) is 2.34. The monoisotopic (exact) mass is 333 g/mol. The SMILES string of the molecule is CNCc1cccc(C)c1Pc1cccc(OC)c1OCOC. The molecule has 0 radical (unpaired) electrons. The lowest BCUT2D eigenvalue weighted by molar-refractivity contribution is 0.0500. The third kappa shape index (κ3) is 4.44. The summed E-state index contributed by atoms with van der Waals surface area (Å²) in [5.74, 6) is 1.49. The summed E-state index contributed by atoms with van der Waals surface area (Å²) >= 11 is 0. The summed E-state index contributed by atoms with van der Waals surface area (Å²) in [6.45, 7) is 3.20. The van der Waals surface area contributed by atoms with Crippen LogP contribution in [0.4, 0.5) is 0 Å². The highest BCUT2D eigenvalue weighted by atomic mass is 31.1. The molecule has 0 spiro atoms. The minimum atomic E-state index is 0.203. The molecule has 124 valence electrons. The normalized spacial score (nSPS) is 11.1. The van der Waals surface area contributed by atoms with Gasteiger partial charge in [0.25, 0.3) is 0 Å². The Labute approximate surface area is 139 Å². The summed E-state index contributed by atoms with van der Waals surface area (Å²) < 4.78 is 16.3. The van der Waals surface area contributed by atoms with E-state index in [1.807, 2.05) is 19.2 Å². The van der Waals surface area contributed by atoms with Crippen molar-refractivity contribution in [3.05, 3.63) is 47.5 Å². The van der Waals surface area contributed by atoms with E-state index < -0.39 is 0 Å². The van der Waals surface area contributed by atoms with Gasteiger partial charge in [-0.3, -0.25) is 0 Å². The quantitative estimate of drug-likeness (QED) is 0.595. The average Bonchev–Trinajstić information content (AvgIpc) is 2.56. The van der Waals surface area contributed by atoms with Crippen LogP contribution >= 0.6 is 8.58 Å². The fraction of sp³-hybridized carbons (Fsp3) is 0.333. The Morgan fingerprint density at radius 2 is 1.87 bits per heavy atom. The number of hydrogen-bond donors (Lipinski definition) is 1. The molecule has 1 N–H and O–H groups in total. The summed E-state index contributed by atoms with van der Waals surface area (Å²) in [6.07, 6.45) is 0. The number of aryl methyl sites for hydroxylation is 1. The number of para-hydroxylation sites is 1. The zero-order chi connectivity index (χ0) is 16.7. The van der Waals surface area contributed by atoms with Crippen molar-refractivity contribution in [2.45, 2.75) is 13.5 Å². The Morgan fingerprint density at radius 1 is 1.09 bits per heavy atom. The summed E-state index contributed by atoms with van der Waals surface area (Å²) in [7, 11) is 5.73. The van der Waals surface area contributed by atoms with Gasteiger partial charge < -0.3 is 19.5 Å². The van der Waals surface area contributed by atoms with Gasteiger partial charge in [-0.1, -0.05) is 38.9 Å². The average molecular weight is 333 g/mol. The van der Waals surface area contributed by atoms with Gasteiger partial charge in [0.1, 0.15) is 0 Å². The highest BCUT2D eigenvalue weighted by molar-refractivity contribution is 7.56. The minimum Gasteiger partial charge on any atom is -0.493 e. The highest BCUT2D eigenvalue weighted by Crippen LogP contribution is 2.30. The molecule has 2 rings (SSSR count). The van der Waals surface area contributed by atoms with Crippen molar-refractivity contribution < 1.29 is 14.2 Å². The summed E-state index contributed by atoms with van der Waals surface area (Å²) in [4.78, 5) is 0. The molecule has 0 aromatic heterocycles. The molecule has 1 unspecified atom stereocenters. The van der Waals surface area contributed by atoms with E-state index in [0.29, 0.717) is 8.58 Å². The van der Waals surface area contributed by atoms with E-state index in [4.69, 9.17) is 14.2 Å². The Kier molecular flexibility index (Phi) is 6.85. The van der Waals surface area contributed by atoms with E-state index in [0.717, 1.165) is 23.3 Å². The molecule has 0 aliphatic rings. The molecule has 2 aromatic rings. The summed E-state index contributed by atoms with van der Waals surface area (Å²) in [5.41, 5.74) is 2.60. The third-order valence-corrected chi connectivity index (χ3v) is 5.13. The van der Waals surface area contributed by atoms with Gasteiger partial charge in [0.15, 0.2) is 18.3 Å². The maximum atomic E-state index is 5.76. The fourth-order valence-electron chi connectivity index (χ4n) is 2.42. The molecule has 5 heteroatoms. The Balaban J connectivity index is 2.40. The van der Waals surface area contributed by atoms with E-state index in [1.165, 1.54) is 16.4 Å². The third-order valence-electron chi connectivity index (χ3n) is 3.51. The maximum absolute atomic E-state index is 5.76. The topological polar surface area (TPSA) is 39.7 Å². The zero-order valence-corrected chi connectivity index (χ0v) is 15.1. The van der Waals surface area contributed by atoms with Crippen molar-refractivity contribution in [1.29, 1.82) is 0 Å². The standard InChI is InChI=1S/C18H24NO3P/c1-13-7-5-8-14(11-19-2)18(13)23-16-10-6-9-15(21-4)17(16)22-12-20-3/h5-10,19,23H,11-12H2,1-4H3. The molecule has 2 aromatic carbocycles. The van der Waals surface area contributed by atoms with E-state index >= 15 is 0 Å². The van der Waals surface area contributed by atoms with Gasteiger partial charge in [-0.15, -0.1) is 0 Å². The molecule has 0 saturated carbocycles. The minimum absolute atomic E-state index is 0.203. The lowest BCUT2D eigenvalue weighted by Gasteiger charge is -2.17. The van der Waals surface area contributed by atoms with E-state index in [1.54, 1.807) is 14.2 Å². The second kappa shape index (κ2) is 8.88. The Bertz CT molecular complexity index is 646. The van der Waals surface area contributed by atoms with Gasteiger partial charge in [-0.05, 0) is 36.5 Å². The predicted molar refractivity (Wildman–Crippen MR) is 97.0 cm³/mol. The van der Waals surface area contributed by atoms with Crippen LogP contribution in [0.15, 0.2) is 36.4 Å². The Hall–Kier alpha value is -1.61. The van der Waals surface area contributed by atoms with Gasteiger partial charge in [0.2, 0.25) is 0 Å². The fourth-order valence-corrected chi connectivity index (χ4v) is 3.79. The van der Waals surface area contributed by atoms with Crippen LogP contribution in [-0.4, -0.2) is 28.1 Å². The number of methoxy groups -OCH3 is 2. The molecule has 0 bridgehead atoms. The summed E-state index contributed by atoms with van der Waals surface area (Å²) in [6, 6.07) is 12.4. The zero-order valence-electron chi connectivity index (χ0n) is 14.1. The first-order valence-corrected chi connectivity index (χ1v) is 8.50. The molecule has 0 amide bonds. The van der Waals surface area contributed by atoms with Crippen LogP contribution in [0.5, 0.6) is 11.5 Å². The van der Waals surface area contributed by atoms with Gasteiger partial charge >= 0.3 is 0 Å². The molecule has 4 nitrogen and oxygen atoms in total. The van der Waals surface area contributed by atoms with Crippen molar-refractivity contribution in [3.8, 4) is 11.5 Å². The van der Waals surface area contributed by atoms with Gasteiger partial charge in [0.05, 0.1) is 7.11 Å². The van der Waals surface area contributed by atoms with Gasteiger partial charge in [-0.2, -0.15) is 0 Å². The molecule has 23 heavy (non-hydrogen) atoms. The first kappa shape index (κ1) is 17.7. The van der Waals surface area contributed by atoms with Crippen LogP contribution in [0.1, 0.15) is 11.1 Å². The van der Waals surface area contributed by atoms with Crippen LogP contribution in [-0.2, 0) is 11.3 Å². The molecule has 0 aliphatic heterocycles. The molecule has 0 aliphatic carbocycles. The molecule has 0 fully saturated rings. The van der Waals surface area contributed by atoms with Crippen LogP contribution in [0, 0.1) is 6.92 Å². The number of benzene rings is 2. The molecule has 0 heterocycles. The van der Waals surface area contributed by atoms with Crippen LogP contribution in [0.25, 0.3) is 0 Å². The Morgan fingerprint density at radius 3 is 2.57 bits per heavy atom. The van der Waals surface area contributed by atoms with Crippen LogP contribution in [0.2, 0.25) is 0 Å². The van der Waals surface area contributed by atoms with Crippen molar-refractivity contribution in [1.82, 2.24) is 5.32 Å². The lowest BCUT2D eigenvalue weighted by atomic mass is 10.1. The van der Waals surface area contributed by atoms with E-state index in [2.05, 4.69) is 36.5 Å². The smallest absolute Gasteiger partial charge is 0.188 e. The van der Waals surface area contributed by atoms with Crippen LogP contribution in [0.3, 0.4) is 0 Å². The lowest BCUT2D eigenvalue weighted by Crippen LogP contribution is -2.18. The van der Waals surface area contributed by atoms with Crippen molar-refractivity contribution >= 4 is 19.2 Å². The largest absolute Gasteiger partial charge is 0.493 e. The van der Waals surface area contributed by atoms with E-state index in [9.17, 15) is 0 Å². The number of nitrogens with one attached hydrogen (secondary N) is 1. The van der Waals surface area contributed by atoms with Gasteiger partial charge in [-0.25, -0.2) is 0 Å². The molecule has 0 saturated heterocycles. The first-order chi connectivity index (χ1) is 11.2. The van der Waals surface area contributed by atoms with Crippen molar-refractivity contribution in [2.75, 3.05) is 28.1 Å². The number of rotatable bonds is 8. The molecular weight excluding hydrogens is 309 g/mol. The maximum Gasteiger partial charge on any atom is 0.188 e. The highest BCUT2D eigenvalue weighted by Gasteiger charge is 2.14. The van der Waals surface area contributed by atoms with E-state index in [-0.39, 0.29) is 6.79 Å². The van der Waals surface area contributed by atoms with Crippen molar-refractivity contribution in [2.24, 2.45) is 0 Å². The second-order valence-corrected chi connectivity index (χ2v) is 6.44.